The van der Waals surface area contributed by atoms with Crippen molar-refractivity contribution in [3.63, 3.8) is 0 Å². The predicted octanol–water partition coefficient (Wildman–Crippen LogP) is 1.63. The third-order valence-electron chi connectivity index (χ3n) is 2.18. The van der Waals surface area contributed by atoms with Crippen molar-refractivity contribution in [1.29, 1.82) is 0 Å². The first-order chi connectivity index (χ1) is 5.29. The molecule has 0 N–H and O–H groups in total. The summed E-state index contributed by atoms with van der Waals surface area (Å²) < 4.78 is 4.84. The second-order valence-electron chi connectivity index (χ2n) is 2.78. The van der Waals surface area contributed by atoms with E-state index in [-0.39, 0.29) is 6.09 Å². The fraction of sp³-hybridized carbons (Fsp3) is 0.875. The fourth-order valence-corrected chi connectivity index (χ4v) is 1.47. The van der Waals surface area contributed by atoms with Crippen molar-refractivity contribution >= 4 is 6.09 Å². The van der Waals surface area contributed by atoms with Crippen LogP contribution in [0.25, 0.3) is 0 Å². The van der Waals surface area contributed by atoms with E-state index in [1.54, 1.807) is 0 Å². The molecular weight excluding hydrogens is 142 g/mol. The summed E-state index contributed by atoms with van der Waals surface area (Å²) in [4.78, 5) is 12.9. The summed E-state index contributed by atoms with van der Waals surface area (Å²) in [5.74, 6) is 0. The monoisotopic (exact) mass is 157 g/mol. The Labute approximate surface area is 67.3 Å². The van der Waals surface area contributed by atoms with Gasteiger partial charge in [-0.05, 0) is 12.8 Å². The van der Waals surface area contributed by atoms with E-state index in [9.17, 15) is 4.79 Å². The Hall–Kier alpha value is -0.730. The highest BCUT2D eigenvalue weighted by Gasteiger charge is 2.26. The van der Waals surface area contributed by atoms with E-state index in [0.717, 1.165) is 19.4 Å². The van der Waals surface area contributed by atoms with E-state index in [2.05, 4.69) is 13.8 Å². The molecule has 0 atom stereocenters. The van der Waals surface area contributed by atoms with Crippen molar-refractivity contribution in [1.82, 2.24) is 4.90 Å². The van der Waals surface area contributed by atoms with Crippen molar-refractivity contribution in [2.45, 2.75) is 32.7 Å². The highest BCUT2D eigenvalue weighted by Crippen LogP contribution is 2.13. The zero-order valence-electron chi connectivity index (χ0n) is 7.17. The Balaban J connectivity index is 2.49. The van der Waals surface area contributed by atoms with Crippen LogP contribution in [-0.2, 0) is 4.74 Å². The highest BCUT2D eigenvalue weighted by atomic mass is 16.6. The Morgan fingerprint density at radius 1 is 1.55 bits per heavy atom. The van der Waals surface area contributed by atoms with Gasteiger partial charge in [0, 0.05) is 6.04 Å². The average Bonchev–Trinajstić information content (AvgIpc) is 2.40. The quantitative estimate of drug-likeness (QED) is 0.623. The standard InChI is InChI=1S/C8H15NO2/c1-3-7(4-2)9-5-6-11-8(9)10/h7H,3-6H2,1-2H3. The van der Waals surface area contributed by atoms with E-state index >= 15 is 0 Å². The molecule has 1 rings (SSSR count). The lowest BCUT2D eigenvalue weighted by molar-refractivity contribution is 0.146. The smallest absolute Gasteiger partial charge is 0.410 e. The summed E-state index contributed by atoms with van der Waals surface area (Å²) in [5, 5.41) is 0. The largest absolute Gasteiger partial charge is 0.448 e. The van der Waals surface area contributed by atoms with Gasteiger partial charge in [0.15, 0.2) is 0 Å². The molecule has 1 saturated heterocycles. The van der Waals surface area contributed by atoms with E-state index in [4.69, 9.17) is 4.74 Å². The molecule has 1 heterocycles. The normalized spacial score (nSPS) is 17.7. The number of nitrogens with zero attached hydrogens (tertiary/aromatic N) is 1. The minimum atomic E-state index is -0.140. The number of hydrogen-bond acceptors (Lipinski definition) is 2. The molecule has 0 aliphatic carbocycles. The minimum Gasteiger partial charge on any atom is -0.448 e. The maximum Gasteiger partial charge on any atom is 0.410 e. The van der Waals surface area contributed by atoms with Gasteiger partial charge in [-0.15, -0.1) is 0 Å². The van der Waals surface area contributed by atoms with Crippen LogP contribution in [0.2, 0.25) is 0 Å². The molecule has 1 aliphatic rings. The van der Waals surface area contributed by atoms with Gasteiger partial charge in [0.05, 0.1) is 6.54 Å². The summed E-state index contributed by atoms with van der Waals surface area (Å²) in [7, 11) is 0. The summed E-state index contributed by atoms with van der Waals surface area (Å²) >= 11 is 0. The molecule has 0 aromatic carbocycles. The highest BCUT2D eigenvalue weighted by molar-refractivity contribution is 5.69. The number of hydrogen-bond donors (Lipinski definition) is 0. The van der Waals surface area contributed by atoms with Gasteiger partial charge in [0.1, 0.15) is 6.61 Å². The van der Waals surface area contributed by atoms with E-state index in [0.29, 0.717) is 12.6 Å². The topological polar surface area (TPSA) is 29.5 Å². The summed E-state index contributed by atoms with van der Waals surface area (Å²) in [6, 6.07) is 0.380. The number of carbonyl (C=O) groups excluding carboxylic acids is 1. The fourth-order valence-electron chi connectivity index (χ4n) is 1.47. The number of ether oxygens (including phenoxy) is 1. The second kappa shape index (κ2) is 3.60. The lowest BCUT2D eigenvalue weighted by atomic mass is 10.1. The third-order valence-corrected chi connectivity index (χ3v) is 2.18. The van der Waals surface area contributed by atoms with Gasteiger partial charge in [-0.1, -0.05) is 13.8 Å². The van der Waals surface area contributed by atoms with Crippen molar-refractivity contribution in [2.24, 2.45) is 0 Å². The lowest BCUT2D eigenvalue weighted by Gasteiger charge is -2.22. The van der Waals surface area contributed by atoms with Crippen LogP contribution in [0.1, 0.15) is 26.7 Å². The van der Waals surface area contributed by atoms with Crippen LogP contribution in [0.5, 0.6) is 0 Å². The number of cyclic esters (lactones) is 1. The van der Waals surface area contributed by atoms with Gasteiger partial charge in [-0.3, -0.25) is 0 Å². The van der Waals surface area contributed by atoms with Crippen LogP contribution < -0.4 is 0 Å². The molecule has 0 aromatic heterocycles. The predicted molar refractivity (Wildman–Crippen MR) is 42.4 cm³/mol. The first kappa shape index (κ1) is 8.37. The van der Waals surface area contributed by atoms with Crippen LogP contribution >= 0.6 is 0 Å². The first-order valence-corrected chi connectivity index (χ1v) is 4.23. The molecule has 1 fully saturated rings. The molecule has 0 unspecified atom stereocenters. The van der Waals surface area contributed by atoms with Crippen molar-refractivity contribution < 1.29 is 9.53 Å². The molecule has 0 saturated carbocycles. The van der Waals surface area contributed by atoms with Crippen LogP contribution in [0.4, 0.5) is 4.79 Å². The molecule has 11 heavy (non-hydrogen) atoms. The summed E-state index contributed by atoms with van der Waals surface area (Å²) in [6.07, 6.45) is 1.90. The molecule has 1 aliphatic heterocycles. The van der Waals surface area contributed by atoms with Gasteiger partial charge in [0.2, 0.25) is 0 Å². The van der Waals surface area contributed by atoms with Gasteiger partial charge in [-0.2, -0.15) is 0 Å². The molecule has 0 radical (unpaired) electrons. The number of carbonyl (C=O) groups is 1. The molecule has 1 amide bonds. The lowest BCUT2D eigenvalue weighted by Crippen LogP contribution is -2.34. The molecule has 0 spiro atoms. The Morgan fingerprint density at radius 2 is 2.18 bits per heavy atom. The number of rotatable bonds is 3. The van der Waals surface area contributed by atoms with Crippen molar-refractivity contribution in [3.8, 4) is 0 Å². The molecule has 0 aromatic rings. The molecular formula is C8H15NO2. The van der Waals surface area contributed by atoms with Crippen molar-refractivity contribution in [3.05, 3.63) is 0 Å². The molecule has 0 bridgehead atoms. The SMILES string of the molecule is CCC(CC)N1CCOC1=O. The molecule has 3 nitrogen and oxygen atoms in total. The van der Waals surface area contributed by atoms with Crippen LogP contribution in [0.15, 0.2) is 0 Å². The zero-order chi connectivity index (χ0) is 8.27. The van der Waals surface area contributed by atoms with E-state index < -0.39 is 0 Å². The Morgan fingerprint density at radius 3 is 2.55 bits per heavy atom. The Bertz CT molecular complexity index is 143. The Kier molecular flexibility index (Phi) is 2.74. The maximum atomic E-state index is 11.0. The van der Waals surface area contributed by atoms with E-state index in [1.807, 2.05) is 4.90 Å². The van der Waals surface area contributed by atoms with E-state index in [1.165, 1.54) is 0 Å². The third kappa shape index (κ3) is 1.64. The maximum absolute atomic E-state index is 11.0. The first-order valence-electron chi connectivity index (χ1n) is 4.23. The van der Waals surface area contributed by atoms with Crippen LogP contribution in [-0.4, -0.2) is 30.2 Å². The van der Waals surface area contributed by atoms with Gasteiger partial charge >= 0.3 is 6.09 Å². The van der Waals surface area contributed by atoms with Crippen molar-refractivity contribution in [2.75, 3.05) is 13.2 Å². The van der Waals surface area contributed by atoms with Gasteiger partial charge in [-0.25, -0.2) is 4.79 Å². The zero-order valence-corrected chi connectivity index (χ0v) is 7.17. The van der Waals surface area contributed by atoms with Gasteiger partial charge in [0.25, 0.3) is 0 Å². The number of amides is 1. The molecule has 3 heteroatoms. The van der Waals surface area contributed by atoms with Gasteiger partial charge < -0.3 is 9.64 Å². The molecule has 64 valence electrons. The second-order valence-corrected chi connectivity index (χ2v) is 2.78. The van der Waals surface area contributed by atoms with Crippen LogP contribution in [0.3, 0.4) is 0 Å². The summed E-state index contributed by atoms with van der Waals surface area (Å²) in [5.41, 5.74) is 0. The minimum absolute atomic E-state index is 0.140. The van der Waals surface area contributed by atoms with Crippen LogP contribution in [0, 0.1) is 0 Å². The average molecular weight is 157 g/mol. The summed E-state index contributed by atoms with van der Waals surface area (Å²) in [6.45, 7) is 5.53.